The highest BCUT2D eigenvalue weighted by Crippen LogP contribution is 2.48. The topological polar surface area (TPSA) is 64.6 Å². The van der Waals surface area contributed by atoms with E-state index in [1.54, 1.807) is 4.90 Å². The Morgan fingerprint density at radius 3 is 2.36 bits per heavy atom. The van der Waals surface area contributed by atoms with Crippen molar-refractivity contribution in [2.45, 2.75) is 57.5 Å². The molecular weight excluding hydrogens is 476 g/mol. The quantitative estimate of drug-likeness (QED) is 0.638. The Labute approximate surface area is 207 Å². The summed E-state index contributed by atoms with van der Waals surface area (Å²) in [5.41, 5.74) is 0.338. The highest BCUT2D eigenvalue weighted by Gasteiger charge is 2.52. The van der Waals surface area contributed by atoms with Crippen LogP contribution in [0.15, 0.2) is 36.7 Å². The fourth-order valence-corrected chi connectivity index (χ4v) is 5.81. The molecule has 2 saturated heterocycles. The number of halogens is 4. The molecule has 7 nitrogen and oxygen atoms in total. The van der Waals surface area contributed by atoms with Crippen LogP contribution in [0, 0.1) is 11.2 Å². The third-order valence-corrected chi connectivity index (χ3v) is 7.59. The molecule has 1 aromatic heterocycles. The fourth-order valence-electron chi connectivity index (χ4n) is 5.81. The van der Waals surface area contributed by atoms with Crippen LogP contribution in [0.25, 0.3) is 0 Å². The van der Waals surface area contributed by atoms with Gasteiger partial charge in [-0.05, 0) is 49.8 Å². The van der Waals surface area contributed by atoms with E-state index in [1.165, 1.54) is 12.1 Å². The summed E-state index contributed by atoms with van der Waals surface area (Å²) >= 11 is 0. The predicted octanol–water partition coefficient (Wildman–Crippen LogP) is 3.91. The summed E-state index contributed by atoms with van der Waals surface area (Å²) in [5, 5.41) is 3.17. The lowest BCUT2D eigenvalue weighted by atomic mass is 9.60. The Balaban J connectivity index is 1.08. The van der Waals surface area contributed by atoms with Gasteiger partial charge in [0.15, 0.2) is 5.69 Å². The molecule has 2 aromatic rings. The Morgan fingerprint density at radius 2 is 1.75 bits per heavy atom. The molecule has 3 heterocycles. The summed E-state index contributed by atoms with van der Waals surface area (Å²) in [6, 6.07) is 6.40. The summed E-state index contributed by atoms with van der Waals surface area (Å²) < 4.78 is 51.5. The first-order valence-corrected chi connectivity index (χ1v) is 12.2. The van der Waals surface area contributed by atoms with Crippen molar-refractivity contribution < 1.29 is 22.4 Å². The minimum Gasteiger partial charge on any atom is -0.349 e. The van der Waals surface area contributed by atoms with Crippen LogP contribution in [0.5, 0.6) is 0 Å². The average Bonchev–Trinajstić information content (AvgIpc) is 2.78. The van der Waals surface area contributed by atoms with Gasteiger partial charge in [0.1, 0.15) is 11.6 Å². The number of nitrogens with one attached hydrogen (secondary N) is 1. The van der Waals surface area contributed by atoms with Gasteiger partial charge in [-0.3, -0.25) is 4.90 Å². The molecule has 0 bridgehead atoms. The van der Waals surface area contributed by atoms with E-state index in [0.717, 1.165) is 50.4 Å². The number of urea groups is 1. The second-order valence-corrected chi connectivity index (χ2v) is 10.6. The first kappa shape index (κ1) is 24.7. The van der Waals surface area contributed by atoms with Crippen molar-refractivity contribution in [1.82, 2.24) is 25.1 Å². The lowest BCUT2D eigenvalue weighted by molar-refractivity contribution is -0.141. The van der Waals surface area contributed by atoms with Gasteiger partial charge in [-0.25, -0.2) is 19.2 Å². The van der Waals surface area contributed by atoms with E-state index in [0.29, 0.717) is 18.9 Å². The Kier molecular flexibility index (Phi) is 6.30. The molecule has 0 unspecified atom stereocenters. The van der Waals surface area contributed by atoms with E-state index < -0.39 is 11.9 Å². The minimum atomic E-state index is -4.53. The highest BCUT2D eigenvalue weighted by molar-refractivity contribution is 5.75. The Morgan fingerprint density at radius 1 is 1.06 bits per heavy atom. The van der Waals surface area contributed by atoms with Crippen LogP contribution in [0.3, 0.4) is 0 Å². The van der Waals surface area contributed by atoms with Crippen molar-refractivity contribution in [3.63, 3.8) is 0 Å². The fraction of sp³-hybridized carbons (Fsp3) is 0.560. The summed E-state index contributed by atoms with van der Waals surface area (Å²) in [6.07, 6.45) is -0.734. The molecule has 1 aliphatic carbocycles. The van der Waals surface area contributed by atoms with E-state index in [9.17, 15) is 22.4 Å². The molecule has 5 rings (SSSR count). The average molecular weight is 507 g/mol. The second-order valence-electron chi connectivity index (χ2n) is 10.6. The van der Waals surface area contributed by atoms with Crippen LogP contribution < -0.4 is 10.2 Å². The molecule has 1 N–H and O–H groups in total. The second kappa shape index (κ2) is 9.17. The number of alkyl halides is 3. The number of anilines is 1. The van der Waals surface area contributed by atoms with Crippen molar-refractivity contribution >= 4 is 11.8 Å². The first-order valence-electron chi connectivity index (χ1n) is 12.2. The van der Waals surface area contributed by atoms with Crippen LogP contribution in [-0.2, 0) is 12.7 Å². The van der Waals surface area contributed by atoms with Crippen LogP contribution in [0.2, 0.25) is 0 Å². The molecule has 1 spiro atoms. The minimum absolute atomic E-state index is 0.102. The third kappa shape index (κ3) is 4.98. The van der Waals surface area contributed by atoms with Crippen LogP contribution in [-0.4, -0.2) is 70.1 Å². The number of carbonyl (C=O) groups is 1. The van der Waals surface area contributed by atoms with Crippen molar-refractivity contribution in [3.8, 4) is 0 Å². The van der Waals surface area contributed by atoms with E-state index in [2.05, 4.69) is 20.2 Å². The van der Waals surface area contributed by atoms with Crippen LogP contribution in [0.4, 0.5) is 28.2 Å². The molecule has 2 atom stereocenters. The highest BCUT2D eigenvalue weighted by atomic mass is 19.4. The number of carbonyl (C=O) groups excluding carboxylic acids is 1. The van der Waals surface area contributed by atoms with E-state index >= 15 is 0 Å². The van der Waals surface area contributed by atoms with Crippen molar-refractivity contribution in [2.24, 2.45) is 5.41 Å². The molecule has 194 valence electrons. The molecule has 1 saturated carbocycles. The molecule has 36 heavy (non-hydrogen) atoms. The number of benzene rings is 1. The molecule has 0 radical (unpaired) electrons. The molecular formula is C25H30F4N6O. The SMILES string of the molecule is C[C@@H]1CN(c2cnc(C(F)(F)F)cn2)[C@@H](C)CN1C(=O)NC1CC2(C1)CN(Cc1ccc(F)cc1)C2. The van der Waals surface area contributed by atoms with Gasteiger partial charge in [-0.2, -0.15) is 13.2 Å². The molecule has 1 aromatic carbocycles. The summed E-state index contributed by atoms with van der Waals surface area (Å²) in [7, 11) is 0. The van der Waals surface area contributed by atoms with Gasteiger partial charge < -0.3 is 15.1 Å². The Bertz CT molecular complexity index is 1080. The van der Waals surface area contributed by atoms with E-state index in [1.807, 2.05) is 30.9 Å². The Hall–Kier alpha value is -2.95. The van der Waals surface area contributed by atoms with Crippen LogP contribution in [0.1, 0.15) is 37.9 Å². The van der Waals surface area contributed by atoms with Gasteiger partial charge in [0.05, 0.1) is 12.4 Å². The normalized spacial score (nSPS) is 24.4. The van der Waals surface area contributed by atoms with Crippen LogP contribution >= 0.6 is 0 Å². The summed E-state index contributed by atoms with van der Waals surface area (Å²) in [5.74, 6) is 0.147. The summed E-state index contributed by atoms with van der Waals surface area (Å²) in [6.45, 7) is 7.53. The van der Waals surface area contributed by atoms with E-state index in [-0.39, 0.29) is 35.4 Å². The number of hydrogen-bond acceptors (Lipinski definition) is 5. The number of rotatable bonds is 4. The number of amides is 2. The number of nitrogens with zero attached hydrogens (tertiary/aromatic N) is 5. The predicted molar refractivity (Wildman–Crippen MR) is 126 cm³/mol. The maximum atomic E-state index is 13.1. The van der Waals surface area contributed by atoms with Gasteiger partial charge in [0.25, 0.3) is 0 Å². The zero-order valence-corrected chi connectivity index (χ0v) is 20.3. The largest absolute Gasteiger partial charge is 0.434 e. The maximum absolute atomic E-state index is 13.1. The van der Waals surface area contributed by atoms with Gasteiger partial charge >= 0.3 is 12.2 Å². The molecule has 3 aliphatic rings. The molecule has 2 aliphatic heterocycles. The standard InChI is InChI=1S/C25H30F4N6O/c1-16-12-35(17(2)11-34(16)22-10-30-21(9-31-22)25(27,28)29)23(36)32-20-7-24(8-20)14-33(15-24)13-18-3-5-19(26)6-4-18/h3-6,9-10,16-17,20H,7-8,11-15H2,1-2H3,(H,32,36)/t16-,17+/m0/s1. The van der Waals surface area contributed by atoms with Gasteiger partial charge in [0.2, 0.25) is 0 Å². The van der Waals surface area contributed by atoms with Gasteiger partial charge in [-0.15, -0.1) is 0 Å². The van der Waals surface area contributed by atoms with Crippen molar-refractivity contribution in [2.75, 3.05) is 31.1 Å². The monoisotopic (exact) mass is 506 g/mol. The molecule has 3 fully saturated rings. The van der Waals surface area contributed by atoms with Gasteiger partial charge in [0, 0.05) is 50.8 Å². The van der Waals surface area contributed by atoms with Crippen molar-refractivity contribution in [1.29, 1.82) is 0 Å². The summed E-state index contributed by atoms with van der Waals surface area (Å²) in [4.78, 5) is 26.5. The number of likely N-dealkylation sites (tertiary alicyclic amines) is 1. The smallest absolute Gasteiger partial charge is 0.349 e. The maximum Gasteiger partial charge on any atom is 0.434 e. The number of aromatic nitrogens is 2. The van der Waals surface area contributed by atoms with Gasteiger partial charge in [-0.1, -0.05) is 12.1 Å². The van der Waals surface area contributed by atoms with Crippen molar-refractivity contribution in [3.05, 3.63) is 53.7 Å². The number of piperazine rings is 1. The van der Waals surface area contributed by atoms with E-state index in [4.69, 9.17) is 0 Å². The molecule has 2 amide bonds. The zero-order chi connectivity index (χ0) is 25.7. The molecule has 11 heteroatoms. The third-order valence-electron chi connectivity index (χ3n) is 7.59. The lowest BCUT2D eigenvalue weighted by Crippen LogP contribution is -2.68. The zero-order valence-electron chi connectivity index (χ0n) is 20.3. The first-order chi connectivity index (χ1) is 17.0. The lowest BCUT2D eigenvalue weighted by Gasteiger charge is -2.59. The number of hydrogen-bond donors (Lipinski definition) is 1.